The van der Waals surface area contributed by atoms with Crippen LogP contribution in [0.25, 0.3) is 6.08 Å². The summed E-state index contributed by atoms with van der Waals surface area (Å²) in [6, 6.07) is 22.9. The average molecular weight is 622 g/mol. The molecule has 1 fully saturated rings. The number of carbonyl (C=O) groups is 3. The summed E-state index contributed by atoms with van der Waals surface area (Å²) in [6.45, 7) is 6.91. The van der Waals surface area contributed by atoms with E-state index in [1.54, 1.807) is 18.2 Å². The Labute approximate surface area is 270 Å². The molecule has 3 aromatic carbocycles. The van der Waals surface area contributed by atoms with E-state index in [2.05, 4.69) is 41.2 Å². The zero-order chi connectivity index (χ0) is 32.6. The number of hydrogen-bond donors (Lipinski definition) is 3. The number of amidine groups is 1. The molecular formula is C37H43N5O4. The summed E-state index contributed by atoms with van der Waals surface area (Å²) in [7, 11) is 0. The van der Waals surface area contributed by atoms with E-state index < -0.39 is 6.61 Å². The van der Waals surface area contributed by atoms with E-state index in [9.17, 15) is 19.5 Å². The van der Waals surface area contributed by atoms with Crippen LogP contribution >= 0.6 is 0 Å². The second kappa shape index (κ2) is 15.1. The highest BCUT2D eigenvalue weighted by atomic mass is 16.3. The molecule has 2 aliphatic heterocycles. The minimum absolute atomic E-state index is 0.0372. The number of ketones is 1. The molecular weight excluding hydrogens is 578 g/mol. The number of nitrogens with one attached hydrogen (secondary N) is 1. The fourth-order valence-corrected chi connectivity index (χ4v) is 6.41. The van der Waals surface area contributed by atoms with E-state index in [-0.39, 0.29) is 35.9 Å². The van der Waals surface area contributed by atoms with Crippen LogP contribution in [-0.2, 0) is 16.1 Å². The second-order valence-electron chi connectivity index (χ2n) is 12.1. The number of anilines is 1. The van der Waals surface area contributed by atoms with Gasteiger partial charge in [-0.2, -0.15) is 0 Å². The number of nitrogens with two attached hydrogens (primary N) is 1. The maximum atomic E-state index is 13.4. The maximum absolute atomic E-state index is 13.4. The molecule has 46 heavy (non-hydrogen) atoms. The van der Waals surface area contributed by atoms with Crippen molar-refractivity contribution in [3.63, 3.8) is 0 Å². The van der Waals surface area contributed by atoms with Crippen LogP contribution in [0.4, 0.5) is 11.4 Å². The number of amides is 2. The molecule has 9 nitrogen and oxygen atoms in total. The van der Waals surface area contributed by atoms with Crippen LogP contribution in [0.3, 0.4) is 0 Å². The third-order valence-electron chi connectivity index (χ3n) is 8.59. The van der Waals surface area contributed by atoms with Gasteiger partial charge in [-0.3, -0.25) is 19.3 Å². The van der Waals surface area contributed by atoms with E-state index in [1.807, 2.05) is 53.4 Å². The first-order chi connectivity index (χ1) is 22.3. The number of Topliss-reactive ketones (excluding diaryl/α,β-unsaturated/α-hetero) is 1. The van der Waals surface area contributed by atoms with Gasteiger partial charge in [0.25, 0.3) is 5.91 Å². The highest BCUT2D eigenvalue weighted by Gasteiger charge is 2.38. The molecule has 0 bridgehead atoms. The van der Waals surface area contributed by atoms with Gasteiger partial charge in [0.2, 0.25) is 5.91 Å². The minimum atomic E-state index is -0.497. The topological polar surface area (TPSA) is 128 Å². The summed E-state index contributed by atoms with van der Waals surface area (Å²) in [6.07, 6.45) is 3.82. The van der Waals surface area contributed by atoms with Gasteiger partial charge in [-0.05, 0) is 54.3 Å². The van der Waals surface area contributed by atoms with Crippen LogP contribution in [0.5, 0.6) is 0 Å². The molecule has 0 spiro atoms. The molecule has 0 aromatic heterocycles. The molecule has 240 valence electrons. The van der Waals surface area contributed by atoms with Gasteiger partial charge in [-0.1, -0.05) is 62.4 Å². The van der Waals surface area contributed by atoms with Gasteiger partial charge in [0.15, 0.2) is 5.78 Å². The van der Waals surface area contributed by atoms with Crippen molar-refractivity contribution >= 4 is 40.9 Å². The first-order valence-corrected chi connectivity index (χ1v) is 16.1. The fourth-order valence-electron chi connectivity index (χ4n) is 6.41. The molecule has 4 N–H and O–H groups in total. The zero-order valence-electron chi connectivity index (χ0n) is 26.6. The number of nitrogens with zero attached hydrogens (tertiary/aromatic N) is 3. The summed E-state index contributed by atoms with van der Waals surface area (Å²) in [5.74, 6) is -0.656. The van der Waals surface area contributed by atoms with E-state index >= 15 is 0 Å². The van der Waals surface area contributed by atoms with Gasteiger partial charge in [0, 0.05) is 73.4 Å². The summed E-state index contributed by atoms with van der Waals surface area (Å²) < 4.78 is 0. The SMILES string of the molecule is CCCN(CCC)C(=O)C1=Cc2ccc(C(=O)Nc3cccc([C@H]4CN(Cc5ccccc5)C[C@@H]4C(=O)CO)c3)cc2N=C(N)C1. The third-order valence-corrected chi connectivity index (χ3v) is 8.59. The lowest BCUT2D eigenvalue weighted by atomic mass is 9.86. The Morgan fingerprint density at radius 2 is 1.74 bits per heavy atom. The van der Waals surface area contributed by atoms with Gasteiger partial charge in [0.05, 0.1) is 5.69 Å². The first kappa shape index (κ1) is 32.8. The Kier molecular flexibility index (Phi) is 10.8. The number of aliphatic imine (C=N–C) groups is 1. The second-order valence-corrected chi connectivity index (χ2v) is 12.1. The number of aliphatic hydroxyl groups excluding tert-OH is 1. The van der Waals surface area contributed by atoms with Crippen molar-refractivity contribution < 1.29 is 19.5 Å². The van der Waals surface area contributed by atoms with E-state index in [4.69, 9.17) is 5.73 Å². The van der Waals surface area contributed by atoms with Crippen LogP contribution in [-0.4, -0.2) is 71.1 Å². The Hall–Kier alpha value is -4.60. The molecule has 0 saturated carbocycles. The minimum Gasteiger partial charge on any atom is -0.389 e. The number of rotatable bonds is 12. The first-order valence-electron chi connectivity index (χ1n) is 16.1. The van der Waals surface area contributed by atoms with E-state index in [0.29, 0.717) is 54.5 Å². The average Bonchev–Trinajstić information content (AvgIpc) is 3.40. The number of aliphatic hydroxyl groups is 1. The lowest BCUT2D eigenvalue weighted by Gasteiger charge is -2.22. The highest BCUT2D eigenvalue weighted by Crippen LogP contribution is 2.35. The van der Waals surface area contributed by atoms with Crippen molar-refractivity contribution in [2.75, 3.05) is 38.1 Å². The zero-order valence-corrected chi connectivity index (χ0v) is 26.6. The largest absolute Gasteiger partial charge is 0.389 e. The van der Waals surface area contributed by atoms with Crippen LogP contribution < -0.4 is 11.1 Å². The smallest absolute Gasteiger partial charge is 0.255 e. The van der Waals surface area contributed by atoms with Crippen molar-refractivity contribution in [2.45, 2.75) is 45.6 Å². The summed E-state index contributed by atoms with van der Waals surface area (Å²) in [5, 5.41) is 12.7. The summed E-state index contributed by atoms with van der Waals surface area (Å²) >= 11 is 0. The third kappa shape index (κ3) is 7.78. The summed E-state index contributed by atoms with van der Waals surface area (Å²) in [4.78, 5) is 48.1. The van der Waals surface area contributed by atoms with Gasteiger partial charge in [-0.15, -0.1) is 0 Å². The Balaban J connectivity index is 1.33. The number of fused-ring (bicyclic) bond motifs is 1. The van der Waals surface area contributed by atoms with Crippen LogP contribution in [0.2, 0.25) is 0 Å². The van der Waals surface area contributed by atoms with Crippen LogP contribution in [0.1, 0.15) is 66.1 Å². The van der Waals surface area contributed by atoms with Gasteiger partial charge >= 0.3 is 0 Å². The fraction of sp³-hybridized carbons (Fsp3) is 0.351. The Bertz CT molecular complexity index is 1630. The van der Waals surface area contributed by atoms with Crippen molar-refractivity contribution in [3.8, 4) is 0 Å². The molecule has 9 heteroatoms. The molecule has 2 atom stereocenters. The van der Waals surface area contributed by atoms with E-state index in [1.165, 1.54) is 5.56 Å². The quantitative estimate of drug-likeness (QED) is 0.257. The van der Waals surface area contributed by atoms with Crippen LogP contribution in [0.15, 0.2) is 83.4 Å². The summed E-state index contributed by atoms with van der Waals surface area (Å²) in [5.41, 5.74) is 11.2. The van der Waals surface area contributed by atoms with Crippen molar-refractivity contribution in [3.05, 3.63) is 101 Å². The standard InChI is InChI=1S/C37H43N5O4/c1-3-15-42(16-4-2)37(46)29-17-27-13-14-28(19-33(27)40-35(38)20-29)36(45)39-30-12-8-11-26(18-30)31-22-41(23-32(31)34(44)24-43)21-25-9-6-5-7-10-25/h5-14,17-19,31-32,43H,3-4,15-16,20-24H2,1-2H3,(H2,38,40)(H,39,45)/t31-,32+/m1/s1. The lowest BCUT2D eigenvalue weighted by molar-refractivity contribution is -0.127. The molecule has 2 heterocycles. The number of likely N-dealkylation sites (tertiary alicyclic amines) is 1. The van der Waals surface area contributed by atoms with Gasteiger partial charge < -0.3 is 21.1 Å². The molecule has 1 saturated heterocycles. The molecule has 3 aromatic rings. The van der Waals surface area contributed by atoms with Crippen molar-refractivity contribution in [1.29, 1.82) is 0 Å². The normalized spacial score (nSPS) is 17.8. The van der Waals surface area contributed by atoms with Crippen LogP contribution in [0, 0.1) is 5.92 Å². The number of carbonyl (C=O) groups excluding carboxylic acids is 3. The number of hydrogen-bond acceptors (Lipinski definition) is 7. The maximum Gasteiger partial charge on any atom is 0.255 e. The van der Waals surface area contributed by atoms with Crippen molar-refractivity contribution in [1.82, 2.24) is 9.80 Å². The van der Waals surface area contributed by atoms with E-state index in [0.717, 1.165) is 30.5 Å². The number of benzene rings is 3. The lowest BCUT2D eigenvalue weighted by Crippen LogP contribution is -2.34. The van der Waals surface area contributed by atoms with Gasteiger partial charge in [0.1, 0.15) is 12.4 Å². The monoisotopic (exact) mass is 621 g/mol. The Morgan fingerprint density at radius 1 is 0.978 bits per heavy atom. The highest BCUT2D eigenvalue weighted by molar-refractivity contribution is 6.08. The Morgan fingerprint density at radius 3 is 2.46 bits per heavy atom. The predicted octanol–water partition coefficient (Wildman–Crippen LogP) is 5.14. The van der Waals surface area contributed by atoms with Gasteiger partial charge in [-0.25, -0.2) is 4.99 Å². The molecule has 2 amide bonds. The van der Waals surface area contributed by atoms with Crippen molar-refractivity contribution in [2.24, 2.45) is 16.6 Å². The molecule has 2 aliphatic rings. The molecule has 5 rings (SSSR count). The molecule has 0 radical (unpaired) electrons. The predicted molar refractivity (Wildman–Crippen MR) is 182 cm³/mol. The molecule has 0 unspecified atom stereocenters. The molecule has 0 aliphatic carbocycles.